The summed E-state index contributed by atoms with van der Waals surface area (Å²) in [5.74, 6) is -0.890. The van der Waals surface area contributed by atoms with Crippen molar-refractivity contribution in [1.82, 2.24) is 10.2 Å². The molecule has 3 heterocycles. The summed E-state index contributed by atoms with van der Waals surface area (Å²) in [6, 6.07) is 23.1. The molecule has 0 saturated carbocycles. The molecule has 10 heteroatoms. The molecule has 0 aromatic heterocycles. The summed E-state index contributed by atoms with van der Waals surface area (Å²) in [5.41, 5.74) is 3.71. The number of anilines is 1. The van der Waals surface area contributed by atoms with Crippen molar-refractivity contribution < 1.29 is 33.7 Å². The molecule has 6 rings (SSSR count). The van der Waals surface area contributed by atoms with Crippen LogP contribution in [0.5, 0.6) is 0 Å². The summed E-state index contributed by atoms with van der Waals surface area (Å²) >= 11 is 0. The predicted octanol–water partition coefficient (Wildman–Crippen LogP) is 5.01. The predicted molar refractivity (Wildman–Crippen MR) is 170 cm³/mol. The van der Waals surface area contributed by atoms with Crippen molar-refractivity contribution >= 4 is 23.6 Å². The lowest BCUT2D eigenvalue weighted by Gasteiger charge is -2.43. The van der Waals surface area contributed by atoms with Crippen LogP contribution in [0.25, 0.3) is 0 Å². The molecule has 3 aliphatic heterocycles. The molecule has 0 radical (unpaired) electrons. The number of carbonyl (C=O) groups excluding carboxylic acids is 3. The third kappa shape index (κ3) is 7.31. The Hall–Kier alpha value is -4.09. The van der Waals surface area contributed by atoms with Gasteiger partial charge < -0.3 is 29.5 Å². The van der Waals surface area contributed by atoms with Gasteiger partial charge in [0.2, 0.25) is 5.91 Å². The summed E-state index contributed by atoms with van der Waals surface area (Å²) in [6.07, 6.45) is 1.55. The first-order valence-electron chi connectivity index (χ1n) is 16.1. The molecule has 2 N–H and O–H groups in total. The molecule has 0 aliphatic carbocycles. The number of hydrogen-bond donors (Lipinski definition) is 2. The van der Waals surface area contributed by atoms with Crippen molar-refractivity contribution in [2.45, 2.75) is 70.4 Å². The zero-order chi connectivity index (χ0) is 32.0. The maximum absolute atomic E-state index is 13.4. The Morgan fingerprint density at radius 2 is 1.67 bits per heavy atom. The van der Waals surface area contributed by atoms with Crippen LogP contribution < -0.4 is 10.2 Å². The van der Waals surface area contributed by atoms with Crippen LogP contribution in [0.15, 0.2) is 78.9 Å². The lowest BCUT2D eigenvalue weighted by Crippen LogP contribution is -2.45. The highest BCUT2D eigenvalue weighted by Crippen LogP contribution is 2.42. The summed E-state index contributed by atoms with van der Waals surface area (Å²) in [4.78, 5) is 42.5. The van der Waals surface area contributed by atoms with E-state index in [0.29, 0.717) is 11.3 Å². The minimum Gasteiger partial charge on any atom is -0.445 e. The number of imide groups is 1. The molecule has 46 heavy (non-hydrogen) atoms. The van der Waals surface area contributed by atoms with Gasteiger partial charge in [-0.05, 0) is 54.8 Å². The first-order chi connectivity index (χ1) is 22.4. The maximum Gasteiger partial charge on any atom is 0.408 e. The number of alkyl carbamates (subject to hydrolysis) is 1. The molecule has 3 aromatic carbocycles. The fraction of sp³-hybridized carbons (Fsp3) is 0.417. The normalized spacial score (nSPS) is 25.4. The van der Waals surface area contributed by atoms with E-state index in [4.69, 9.17) is 14.2 Å². The summed E-state index contributed by atoms with van der Waals surface area (Å²) in [6.45, 7) is 5.03. The number of likely N-dealkylation sites (tertiary alicyclic amines) is 1. The van der Waals surface area contributed by atoms with Crippen molar-refractivity contribution in [2.75, 3.05) is 24.5 Å². The van der Waals surface area contributed by atoms with Crippen LogP contribution in [0.1, 0.15) is 67.3 Å². The molecule has 0 bridgehead atoms. The molecule has 3 aromatic rings. The topological polar surface area (TPSA) is 118 Å². The molecule has 3 aliphatic rings. The smallest absolute Gasteiger partial charge is 0.408 e. The van der Waals surface area contributed by atoms with Crippen LogP contribution >= 0.6 is 0 Å². The first kappa shape index (κ1) is 31.9. The quantitative estimate of drug-likeness (QED) is 0.318. The van der Waals surface area contributed by atoms with Gasteiger partial charge in [-0.15, -0.1) is 0 Å². The molecule has 3 fully saturated rings. The number of nitrogens with zero attached hydrogens (tertiary/aromatic N) is 2. The third-order valence-corrected chi connectivity index (χ3v) is 9.06. The van der Waals surface area contributed by atoms with E-state index < -0.39 is 30.2 Å². The fourth-order valence-corrected chi connectivity index (χ4v) is 6.46. The van der Waals surface area contributed by atoms with Gasteiger partial charge in [-0.2, -0.15) is 0 Å². The van der Waals surface area contributed by atoms with E-state index in [-0.39, 0.29) is 37.8 Å². The lowest BCUT2D eigenvalue weighted by atomic mass is 9.89. The molecule has 3 amide bonds. The SMILES string of the molecule is C[C@H]1[C@@H](CN2CCCCC2)O[C@@H](c2cccc(N3C(=O)CC(NC(=O)OCc4ccccc4)C3=O)c2)O[C@H]1c1ccc(CO)cc1. The number of hydrogen-bond acceptors (Lipinski definition) is 8. The molecule has 10 nitrogen and oxygen atoms in total. The molecule has 3 saturated heterocycles. The fourth-order valence-electron chi connectivity index (χ4n) is 6.46. The molecule has 242 valence electrons. The van der Waals surface area contributed by atoms with Gasteiger partial charge in [-0.3, -0.25) is 9.59 Å². The second-order valence-corrected chi connectivity index (χ2v) is 12.3. The van der Waals surface area contributed by atoms with Crippen LogP contribution in [0.2, 0.25) is 0 Å². The Kier molecular flexibility index (Phi) is 10.1. The van der Waals surface area contributed by atoms with Crippen LogP contribution in [0.3, 0.4) is 0 Å². The van der Waals surface area contributed by atoms with Gasteiger partial charge in [0, 0.05) is 18.0 Å². The Morgan fingerprint density at radius 3 is 2.41 bits per heavy atom. The van der Waals surface area contributed by atoms with Gasteiger partial charge in [-0.25, -0.2) is 9.69 Å². The molecular weight excluding hydrogens is 586 g/mol. The minimum absolute atomic E-state index is 0.0311. The number of aliphatic hydroxyl groups is 1. The molecule has 0 spiro atoms. The number of carbonyl (C=O) groups is 3. The number of amides is 3. The molecule has 5 atom stereocenters. The largest absolute Gasteiger partial charge is 0.445 e. The van der Waals surface area contributed by atoms with E-state index in [1.54, 1.807) is 18.2 Å². The van der Waals surface area contributed by atoms with Crippen LogP contribution in [-0.2, 0) is 37.0 Å². The number of ether oxygens (including phenoxy) is 3. The van der Waals surface area contributed by atoms with E-state index in [0.717, 1.165) is 41.2 Å². The Morgan fingerprint density at radius 1 is 0.913 bits per heavy atom. The van der Waals surface area contributed by atoms with Crippen molar-refractivity contribution in [1.29, 1.82) is 0 Å². The first-order valence-corrected chi connectivity index (χ1v) is 16.1. The average molecular weight is 628 g/mol. The monoisotopic (exact) mass is 627 g/mol. The molecular formula is C36H41N3O7. The number of rotatable bonds is 9. The summed E-state index contributed by atoms with van der Waals surface area (Å²) in [5, 5.41) is 12.1. The lowest BCUT2D eigenvalue weighted by molar-refractivity contribution is -0.276. The molecule has 1 unspecified atom stereocenters. The van der Waals surface area contributed by atoms with E-state index in [1.807, 2.05) is 60.7 Å². The Balaban J connectivity index is 1.18. The standard InChI is InChI=1S/C36H41N3O7/c1-24-31(21-38-17-6-3-7-18-38)45-35(46-33(24)27-15-13-25(22-40)14-16-27)28-11-8-12-29(19-28)39-32(41)20-30(34(39)42)37-36(43)44-23-26-9-4-2-5-10-26/h2,4-5,8-16,19,24,30-31,33,35,40H,3,6-7,17-18,20-23H2,1H3,(H,37,43)/t24-,30?,31+,33+,35+/m0/s1. The maximum atomic E-state index is 13.4. The van der Waals surface area contributed by atoms with Crippen molar-refractivity contribution in [3.05, 3.63) is 101 Å². The van der Waals surface area contributed by atoms with E-state index >= 15 is 0 Å². The van der Waals surface area contributed by atoms with Gasteiger partial charge >= 0.3 is 6.09 Å². The zero-order valence-electron chi connectivity index (χ0n) is 26.0. The highest BCUT2D eigenvalue weighted by molar-refractivity contribution is 6.22. The van der Waals surface area contributed by atoms with Crippen LogP contribution in [-0.4, -0.2) is 59.7 Å². The van der Waals surface area contributed by atoms with Crippen LogP contribution in [0, 0.1) is 5.92 Å². The number of nitrogens with one attached hydrogen (secondary N) is 1. The summed E-state index contributed by atoms with van der Waals surface area (Å²) in [7, 11) is 0. The Bertz CT molecular complexity index is 1510. The van der Waals surface area contributed by atoms with Gasteiger partial charge in [0.15, 0.2) is 6.29 Å². The van der Waals surface area contributed by atoms with E-state index in [1.165, 1.54) is 19.3 Å². The second-order valence-electron chi connectivity index (χ2n) is 12.3. The zero-order valence-corrected chi connectivity index (χ0v) is 26.0. The van der Waals surface area contributed by atoms with Crippen molar-refractivity contribution in [3.8, 4) is 0 Å². The van der Waals surface area contributed by atoms with Crippen molar-refractivity contribution in [3.63, 3.8) is 0 Å². The van der Waals surface area contributed by atoms with Crippen LogP contribution in [0.4, 0.5) is 10.5 Å². The average Bonchev–Trinajstić information content (AvgIpc) is 3.37. The highest BCUT2D eigenvalue weighted by Gasteiger charge is 2.42. The van der Waals surface area contributed by atoms with E-state index in [9.17, 15) is 19.5 Å². The third-order valence-electron chi connectivity index (χ3n) is 9.06. The number of piperidine rings is 1. The number of aliphatic hydroxyl groups excluding tert-OH is 1. The van der Waals surface area contributed by atoms with Gasteiger partial charge in [0.25, 0.3) is 5.91 Å². The van der Waals surface area contributed by atoms with Gasteiger partial charge in [0.1, 0.15) is 12.6 Å². The van der Waals surface area contributed by atoms with E-state index in [2.05, 4.69) is 17.1 Å². The Labute approximate surface area is 269 Å². The summed E-state index contributed by atoms with van der Waals surface area (Å²) < 4.78 is 18.5. The van der Waals surface area contributed by atoms with Gasteiger partial charge in [-0.1, -0.05) is 80.1 Å². The second kappa shape index (κ2) is 14.6. The van der Waals surface area contributed by atoms with Gasteiger partial charge in [0.05, 0.1) is 30.9 Å². The van der Waals surface area contributed by atoms with Crippen molar-refractivity contribution in [2.24, 2.45) is 5.92 Å². The number of benzene rings is 3. The minimum atomic E-state index is -1.03. The highest BCUT2D eigenvalue weighted by atomic mass is 16.7.